The summed E-state index contributed by atoms with van der Waals surface area (Å²) in [4.78, 5) is 0. The Hall–Kier alpha value is -0.570. The van der Waals surface area contributed by atoms with Crippen LogP contribution in [0.4, 0.5) is 0 Å². The molecule has 0 aliphatic rings. The standard InChI is InChI=1S/C13H26N2S/c1-3-5-6-7-8-9-10-12-15-13(16)14-11-4-2/h4H,2-3,5-12H2,1H3,(H2,14,15,16). The van der Waals surface area contributed by atoms with E-state index in [1.165, 1.54) is 44.9 Å². The molecule has 2 N–H and O–H groups in total. The third kappa shape index (κ3) is 11.5. The van der Waals surface area contributed by atoms with Crippen molar-refractivity contribution in [1.29, 1.82) is 0 Å². The Bertz CT molecular complexity index is 181. The Morgan fingerprint density at radius 2 is 1.69 bits per heavy atom. The van der Waals surface area contributed by atoms with Gasteiger partial charge in [-0.25, -0.2) is 0 Å². The smallest absolute Gasteiger partial charge is 0.166 e. The first-order chi connectivity index (χ1) is 7.81. The molecule has 0 bridgehead atoms. The van der Waals surface area contributed by atoms with Gasteiger partial charge >= 0.3 is 0 Å². The Morgan fingerprint density at radius 1 is 1.06 bits per heavy atom. The first kappa shape index (κ1) is 15.4. The van der Waals surface area contributed by atoms with Gasteiger partial charge in [-0.1, -0.05) is 51.5 Å². The molecule has 2 nitrogen and oxygen atoms in total. The van der Waals surface area contributed by atoms with Gasteiger partial charge in [0, 0.05) is 13.1 Å². The van der Waals surface area contributed by atoms with Crippen molar-refractivity contribution in [2.75, 3.05) is 13.1 Å². The van der Waals surface area contributed by atoms with Gasteiger partial charge in [0.25, 0.3) is 0 Å². The van der Waals surface area contributed by atoms with E-state index in [0.717, 1.165) is 18.2 Å². The van der Waals surface area contributed by atoms with Crippen LogP contribution in [-0.4, -0.2) is 18.2 Å². The summed E-state index contributed by atoms with van der Waals surface area (Å²) in [7, 11) is 0. The van der Waals surface area contributed by atoms with Gasteiger partial charge in [-0.15, -0.1) is 6.58 Å². The van der Waals surface area contributed by atoms with Gasteiger partial charge in [-0.2, -0.15) is 0 Å². The third-order valence-corrected chi connectivity index (χ3v) is 2.76. The fraction of sp³-hybridized carbons (Fsp3) is 0.769. The second-order valence-corrected chi connectivity index (χ2v) is 4.46. The van der Waals surface area contributed by atoms with Crippen molar-refractivity contribution < 1.29 is 0 Å². The Balaban J connectivity index is 3.08. The lowest BCUT2D eigenvalue weighted by Crippen LogP contribution is -2.35. The highest BCUT2D eigenvalue weighted by atomic mass is 32.1. The molecule has 0 atom stereocenters. The molecule has 0 spiro atoms. The predicted octanol–water partition coefficient (Wildman–Crippen LogP) is 3.39. The molecule has 0 saturated heterocycles. The van der Waals surface area contributed by atoms with E-state index < -0.39 is 0 Å². The van der Waals surface area contributed by atoms with Gasteiger partial charge in [0.15, 0.2) is 5.11 Å². The van der Waals surface area contributed by atoms with Crippen molar-refractivity contribution >= 4 is 17.3 Å². The molecule has 0 heterocycles. The molecule has 3 heteroatoms. The number of unbranched alkanes of at least 4 members (excludes halogenated alkanes) is 6. The number of thiocarbonyl (C=S) groups is 1. The van der Waals surface area contributed by atoms with Crippen LogP contribution >= 0.6 is 12.2 Å². The van der Waals surface area contributed by atoms with Crippen LogP contribution in [0.25, 0.3) is 0 Å². The largest absolute Gasteiger partial charge is 0.363 e. The van der Waals surface area contributed by atoms with Crippen LogP contribution in [0.5, 0.6) is 0 Å². The minimum absolute atomic E-state index is 0.739. The van der Waals surface area contributed by atoms with Crippen molar-refractivity contribution in [3.63, 3.8) is 0 Å². The van der Waals surface area contributed by atoms with E-state index in [9.17, 15) is 0 Å². The van der Waals surface area contributed by atoms with Gasteiger partial charge < -0.3 is 10.6 Å². The summed E-state index contributed by atoms with van der Waals surface area (Å²) in [6.07, 6.45) is 11.2. The number of rotatable bonds is 10. The van der Waals surface area contributed by atoms with E-state index in [1.807, 2.05) is 6.08 Å². The summed E-state index contributed by atoms with van der Waals surface area (Å²) in [6, 6.07) is 0. The third-order valence-electron chi connectivity index (χ3n) is 2.47. The molecule has 0 fully saturated rings. The summed E-state index contributed by atoms with van der Waals surface area (Å²) < 4.78 is 0. The summed E-state index contributed by atoms with van der Waals surface area (Å²) in [6.45, 7) is 7.60. The first-order valence-electron chi connectivity index (χ1n) is 6.43. The molecule has 0 radical (unpaired) electrons. The van der Waals surface area contributed by atoms with Gasteiger partial charge in [-0.3, -0.25) is 0 Å². The van der Waals surface area contributed by atoms with Gasteiger partial charge in [0.1, 0.15) is 0 Å². The molecule has 16 heavy (non-hydrogen) atoms. The van der Waals surface area contributed by atoms with E-state index in [4.69, 9.17) is 12.2 Å². The van der Waals surface area contributed by atoms with Crippen LogP contribution in [-0.2, 0) is 0 Å². The van der Waals surface area contributed by atoms with Crippen molar-refractivity contribution in [3.05, 3.63) is 12.7 Å². The average Bonchev–Trinajstić information content (AvgIpc) is 2.30. The van der Waals surface area contributed by atoms with Crippen LogP contribution in [0.1, 0.15) is 51.9 Å². The zero-order valence-electron chi connectivity index (χ0n) is 10.6. The van der Waals surface area contributed by atoms with Gasteiger partial charge in [0.2, 0.25) is 0 Å². The maximum Gasteiger partial charge on any atom is 0.166 e. The van der Waals surface area contributed by atoms with Gasteiger partial charge in [0.05, 0.1) is 0 Å². The minimum atomic E-state index is 0.739. The molecule has 0 aromatic rings. The number of hydrogen-bond acceptors (Lipinski definition) is 1. The molecule has 0 saturated carbocycles. The van der Waals surface area contributed by atoms with Crippen molar-refractivity contribution in [3.8, 4) is 0 Å². The highest BCUT2D eigenvalue weighted by Gasteiger charge is 1.93. The summed E-state index contributed by atoms with van der Waals surface area (Å²) >= 11 is 5.08. The zero-order valence-corrected chi connectivity index (χ0v) is 11.4. The number of hydrogen-bond donors (Lipinski definition) is 2. The predicted molar refractivity (Wildman–Crippen MR) is 76.8 cm³/mol. The topological polar surface area (TPSA) is 24.1 Å². The average molecular weight is 242 g/mol. The maximum absolute atomic E-state index is 5.08. The lowest BCUT2D eigenvalue weighted by molar-refractivity contribution is 0.585. The highest BCUT2D eigenvalue weighted by Crippen LogP contribution is 2.06. The molecule has 0 unspecified atom stereocenters. The Morgan fingerprint density at radius 3 is 2.31 bits per heavy atom. The lowest BCUT2D eigenvalue weighted by Gasteiger charge is -2.08. The highest BCUT2D eigenvalue weighted by molar-refractivity contribution is 7.80. The minimum Gasteiger partial charge on any atom is -0.363 e. The van der Waals surface area contributed by atoms with E-state index in [2.05, 4.69) is 24.1 Å². The van der Waals surface area contributed by atoms with E-state index in [0.29, 0.717) is 0 Å². The monoisotopic (exact) mass is 242 g/mol. The van der Waals surface area contributed by atoms with E-state index >= 15 is 0 Å². The second-order valence-electron chi connectivity index (χ2n) is 4.05. The molecule has 0 amide bonds. The molecule has 0 aliphatic carbocycles. The summed E-state index contributed by atoms with van der Waals surface area (Å²) in [5.41, 5.74) is 0. The molecular formula is C13H26N2S. The van der Waals surface area contributed by atoms with Crippen LogP contribution in [0, 0.1) is 0 Å². The van der Waals surface area contributed by atoms with E-state index in [1.54, 1.807) is 0 Å². The molecule has 0 rings (SSSR count). The number of nitrogens with one attached hydrogen (secondary N) is 2. The second kappa shape index (κ2) is 12.5. The van der Waals surface area contributed by atoms with Crippen LogP contribution < -0.4 is 10.6 Å². The fourth-order valence-electron chi connectivity index (χ4n) is 1.51. The molecule has 0 aromatic carbocycles. The molecule has 0 aliphatic heterocycles. The zero-order chi connectivity index (χ0) is 12.1. The summed E-state index contributed by atoms with van der Waals surface area (Å²) in [5, 5.41) is 6.99. The first-order valence-corrected chi connectivity index (χ1v) is 6.84. The van der Waals surface area contributed by atoms with Crippen LogP contribution in [0.3, 0.4) is 0 Å². The van der Waals surface area contributed by atoms with E-state index in [-0.39, 0.29) is 0 Å². The van der Waals surface area contributed by atoms with Crippen molar-refractivity contribution in [2.24, 2.45) is 0 Å². The maximum atomic E-state index is 5.08. The normalized spacial score (nSPS) is 9.81. The van der Waals surface area contributed by atoms with Crippen LogP contribution in [0.15, 0.2) is 12.7 Å². The molecule has 94 valence electrons. The summed E-state index contributed by atoms with van der Waals surface area (Å²) in [5.74, 6) is 0. The van der Waals surface area contributed by atoms with Crippen LogP contribution in [0.2, 0.25) is 0 Å². The SMILES string of the molecule is C=CCNC(=S)NCCCCCCCCC. The Labute approximate surface area is 106 Å². The van der Waals surface area contributed by atoms with Crippen molar-refractivity contribution in [2.45, 2.75) is 51.9 Å². The quantitative estimate of drug-likeness (QED) is 0.349. The lowest BCUT2D eigenvalue weighted by atomic mass is 10.1. The van der Waals surface area contributed by atoms with Gasteiger partial charge in [-0.05, 0) is 18.6 Å². The van der Waals surface area contributed by atoms with Crippen molar-refractivity contribution in [1.82, 2.24) is 10.6 Å². The molecular weight excluding hydrogens is 216 g/mol. The fourth-order valence-corrected chi connectivity index (χ4v) is 1.70. The molecule has 0 aromatic heterocycles. The Kier molecular flexibility index (Phi) is 12.1.